The Morgan fingerprint density at radius 2 is 2.24 bits per heavy atom. The van der Waals surface area contributed by atoms with Gasteiger partial charge in [-0.15, -0.1) is 11.8 Å². The van der Waals surface area contributed by atoms with Crippen molar-refractivity contribution in [3.63, 3.8) is 0 Å². The fourth-order valence-corrected chi connectivity index (χ4v) is 4.45. The Hall–Kier alpha value is -0.460. The van der Waals surface area contributed by atoms with Crippen molar-refractivity contribution >= 4 is 29.3 Å². The van der Waals surface area contributed by atoms with Gasteiger partial charge in [-0.25, -0.2) is 15.8 Å². The van der Waals surface area contributed by atoms with E-state index < -0.39 is 0 Å². The van der Waals surface area contributed by atoms with E-state index in [9.17, 15) is 0 Å². The summed E-state index contributed by atoms with van der Waals surface area (Å²) in [5.74, 6) is 10.7. The number of nitrogens with two attached hydrogens (primary N) is 1. The van der Waals surface area contributed by atoms with E-state index in [0.717, 1.165) is 35.1 Å². The summed E-state index contributed by atoms with van der Waals surface area (Å²) < 4.78 is 0. The van der Waals surface area contributed by atoms with Crippen molar-refractivity contribution in [2.75, 3.05) is 22.7 Å². The molecular weight excluding hydrogens is 252 g/mol. The van der Waals surface area contributed by atoms with Crippen molar-refractivity contribution in [2.24, 2.45) is 5.84 Å². The quantitative estimate of drug-likeness (QED) is 0.648. The second-order valence-corrected chi connectivity index (χ2v) is 6.39. The second kappa shape index (κ2) is 5.93. The monoisotopic (exact) mass is 270 g/mol. The summed E-state index contributed by atoms with van der Waals surface area (Å²) >= 11 is 3.92. The number of rotatable bonds is 3. The minimum absolute atomic E-state index is 0.409. The Bertz CT molecular complexity index is 366. The molecule has 0 aliphatic carbocycles. The zero-order chi connectivity index (χ0) is 12.3. The first kappa shape index (κ1) is 13.0. The standard InChI is InChI=1S/C11H18N4S2/c1-3-8-7(2)10(15-12)14-11(13-8)9-6-16-4-5-17-9/h9H,3-6,12H2,1-2H3,(H,13,14,15). The van der Waals surface area contributed by atoms with E-state index in [2.05, 4.69) is 22.3 Å². The SMILES string of the molecule is CCc1nc(C2CSCCS2)nc(NN)c1C. The molecular formula is C11H18N4S2. The highest BCUT2D eigenvalue weighted by molar-refractivity contribution is 8.06. The maximum atomic E-state index is 5.52. The first-order valence-corrected chi connectivity index (χ1v) is 8.00. The molecule has 94 valence electrons. The highest BCUT2D eigenvalue weighted by Gasteiger charge is 2.21. The average molecular weight is 270 g/mol. The van der Waals surface area contributed by atoms with Crippen LogP contribution in [0.2, 0.25) is 0 Å². The number of nitrogen functional groups attached to an aromatic ring is 1. The summed E-state index contributed by atoms with van der Waals surface area (Å²) in [7, 11) is 0. The van der Waals surface area contributed by atoms with E-state index in [4.69, 9.17) is 5.84 Å². The fourth-order valence-electron chi connectivity index (χ4n) is 1.85. The molecule has 0 saturated carbocycles. The summed E-state index contributed by atoms with van der Waals surface area (Å²) in [4.78, 5) is 9.22. The van der Waals surface area contributed by atoms with Gasteiger partial charge in [0.2, 0.25) is 0 Å². The molecule has 0 radical (unpaired) electrons. The lowest BCUT2D eigenvalue weighted by Crippen LogP contribution is -2.17. The Morgan fingerprint density at radius 3 is 2.82 bits per heavy atom. The van der Waals surface area contributed by atoms with Crippen LogP contribution < -0.4 is 11.3 Å². The maximum absolute atomic E-state index is 5.52. The molecule has 1 atom stereocenters. The van der Waals surface area contributed by atoms with Crippen LogP contribution in [-0.2, 0) is 6.42 Å². The Labute approximate surface area is 111 Å². The molecule has 2 heterocycles. The molecule has 2 rings (SSSR count). The lowest BCUT2D eigenvalue weighted by Gasteiger charge is -2.21. The number of anilines is 1. The molecule has 3 N–H and O–H groups in total. The van der Waals surface area contributed by atoms with Gasteiger partial charge in [-0.05, 0) is 13.3 Å². The summed E-state index contributed by atoms with van der Waals surface area (Å²) in [5.41, 5.74) is 4.84. The maximum Gasteiger partial charge on any atom is 0.146 e. The van der Waals surface area contributed by atoms with E-state index in [1.807, 2.05) is 30.4 Å². The lowest BCUT2D eigenvalue weighted by molar-refractivity contribution is 0.864. The highest BCUT2D eigenvalue weighted by atomic mass is 32.2. The smallest absolute Gasteiger partial charge is 0.146 e. The molecule has 1 aromatic heterocycles. The van der Waals surface area contributed by atoms with Crippen LogP contribution in [0.3, 0.4) is 0 Å². The number of aromatic nitrogens is 2. The van der Waals surface area contributed by atoms with Crippen LogP contribution in [0.5, 0.6) is 0 Å². The molecule has 0 amide bonds. The molecule has 0 bridgehead atoms. The van der Waals surface area contributed by atoms with Crippen molar-refractivity contribution in [1.82, 2.24) is 9.97 Å². The van der Waals surface area contributed by atoms with Gasteiger partial charge in [-0.1, -0.05) is 6.92 Å². The van der Waals surface area contributed by atoms with Crippen LogP contribution in [0.1, 0.15) is 29.3 Å². The van der Waals surface area contributed by atoms with Gasteiger partial charge in [0.05, 0.1) is 5.25 Å². The normalized spacial score (nSPS) is 20.3. The van der Waals surface area contributed by atoms with Gasteiger partial charge < -0.3 is 5.43 Å². The van der Waals surface area contributed by atoms with Crippen LogP contribution in [0.15, 0.2) is 0 Å². The van der Waals surface area contributed by atoms with Crippen LogP contribution in [0, 0.1) is 6.92 Å². The predicted octanol–water partition coefficient (Wildman–Crippen LogP) is 2.15. The molecule has 1 aliphatic heterocycles. The predicted molar refractivity (Wildman–Crippen MR) is 76.5 cm³/mol. The number of nitrogens with one attached hydrogen (secondary N) is 1. The Kier molecular flexibility index (Phi) is 4.53. The third-order valence-electron chi connectivity index (χ3n) is 2.84. The number of hydrogen-bond acceptors (Lipinski definition) is 6. The summed E-state index contributed by atoms with van der Waals surface area (Å²) in [5, 5.41) is 0.409. The number of aryl methyl sites for hydroxylation is 1. The van der Waals surface area contributed by atoms with Gasteiger partial charge in [-0.2, -0.15) is 11.8 Å². The molecule has 6 heteroatoms. The van der Waals surface area contributed by atoms with Crippen LogP contribution in [0.4, 0.5) is 5.82 Å². The van der Waals surface area contributed by atoms with Gasteiger partial charge in [0, 0.05) is 28.5 Å². The third kappa shape index (κ3) is 2.86. The molecule has 17 heavy (non-hydrogen) atoms. The highest BCUT2D eigenvalue weighted by Crippen LogP contribution is 2.35. The largest absolute Gasteiger partial charge is 0.308 e. The lowest BCUT2D eigenvalue weighted by atomic mass is 10.2. The Morgan fingerprint density at radius 1 is 1.41 bits per heavy atom. The Balaban J connectivity index is 2.33. The topological polar surface area (TPSA) is 63.8 Å². The van der Waals surface area contributed by atoms with Crippen LogP contribution in [-0.4, -0.2) is 27.2 Å². The van der Waals surface area contributed by atoms with Gasteiger partial charge in [0.1, 0.15) is 11.6 Å². The van der Waals surface area contributed by atoms with Crippen molar-refractivity contribution in [2.45, 2.75) is 25.5 Å². The first-order valence-electron chi connectivity index (χ1n) is 5.79. The van der Waals surface area contributed by atoms with Gasteiger partial charge in [0.25, 0.3) is 0 Å². The van der Waals surface area contributed by atoms with E-state index >= 15 is 0 Å². The minimum atomic E-state index is 0.409. The third-order valence-corrected chi connectivity index (χ3v) is 5.59. The number of nitrogens with zero attached hydrogens (tertiary/aromatic N) is 2. The summed E-state index contributed by atoms with van der Waals surface area (Å²) in [6.45, 7) is 4.13. The average Bonchev–Trinajstić information content (AvgIpc) is 2.40. The molecule has 1 unspecified atom stereocenters. The fraction of sp³-hybridized carbons (Fsp3) is 0.636. The minimum Gasteiger partial charge on any atom is -0.308 e. The molecule has 1 saturated heterocycles. The number of hydrogen-bond donors (Lipinski definition) is 2. The number of thioether (sulfide) groups is 2. The molecule has 0 spiro atoms. The first-order chi connectivity index (χ1) is 8.26. The van der Waals surface area contributed by atoms with E-state index in [1.165, 1.54) is 11.5 Å². The zero-order valence-corrected chi connectivity index (χ0v) is 11.8. The molecule has 1 aromatic rings. The van der Waals surface area contributed by atoms with Crippen LogP contribution >= 0.6 is 23.5 Å². The van der Waals surface area contributed by atoms with Crippen molar-refractivity contribution in [3.05, 3.63) is 17.1 Å². The molecule has 1 fully saturated rings. The molecule has 0 aromatic carbocycles. The van der Waals surface area contributed by atoms with Crippen molar-refractivity contribution in [3.8, 4) is 0 Å². The summed E-state index contributed by atoms with van der Waals surface area (Å²) in [6.07, 6.45) is 0.917. The zero-order valence-electron chi connectivity index (χ0n) is 10.2. The van der Waals surface area contributed by atoms with E-state index in [0.29, 0.717) is 5.25 Å². The van der Waals surface area contributed by atoms with Crippen LogP contribution in [0.25, 0.3) is 0 Å². The van der Waals surface area contributed by atoms with Gasteiger partial charge >= 0.3 is 0 Å². The van der Waals surface area contributed by atoms with E-state index in [-0.39, 0.29) is 0 Å². The van der Waals surface area contributed by atoms with Gasteiger partial charge in [0.15, 0.2) is 0 Å². The van der Waals surface area contributed by atoms with Crippen molar-refractivity contribution < 1.29 is 0 Å². The molecule has 4 nitrogen and oxygen atoms in total. The van der Waals surface area contributed by atoms with E-state index in [1.54, 1.807) is 0 Å². The summed E-state index contributed by atoms with van der Waals surface area (Å²) in [6, 6.07) is 0. The number of hydrazine groups is 1. The second-order valence-electron chi connectivity index (χ2n) is 3.93. The van der Waals surface area contributed by atoms with Crippen molar-refractivity contribution in [1.29, 1.82) is 0 Å². The molecule has 1 aliphatic rings. The van der Waals surface area contributed by atoms with Gasteiger partial charge in [-0.3, -0.25) is 0 Å².